The van der Waals surface area contributed by atoms with Crippen LogP contribution in [0.1, 0.15) is 40.2 Å². The molecule has 1 aromatic rings. The first-order valence-electron chi connectivity index (χ1n) is 6.34. The molecule has 0 heterocycles. The molecule has 102 valence electrons. The van der Waals surface area contributed by atoms with Crippen LogP contribution in [0, 0.1) is 0 Å². The van der Waals surface area contributed by atoms with Crippen LogP contribution in [-0.4, -0.2) is 25.8 Å². The largest absolute Gasteiger partial charge is 0.243 e. The zero-order chi connectivity index (χ0) is 14.0. The minimum atomic E-state index is -3.38. The van der Waals surface area contributed by atoms with E-state index in [2.05, 4.69) is 0 Å². The number of hydrogen-bond acceptors (Lipinski definition) is 2. The van der Waals surface area contributed by atoms with Gasteiger partial charge in [-0.25, -0.2) is 8.42 Å². The van der Waals surface area contributed by atoms with Crippen molar-refractivity contribution in [3.63, 3.8) is 0 Å². The maximum atomic E-state index is 12.6. The molecule has 0 saturated carbocycles. The van der Waals surface area contributed by atoms with E-state index < -0.39 is 10.0 Å². The maximum Gasteiger partial charge on any atom is 0.243 e. The monoisotopic (exact) mass is 269 g/mol. The summed E-state index contributed by atoms with van der Waals surface area (Å²) >= 11 is 0. The van der Waals surface area contributed by atoms with Crippen LogP contribution in [0.4, 0.5) is 0 Å². The molecule has 0 fully saturated rings. The molecule has 0 bridgehead atoms. The molecule has 18 heavy (non-hydrogen) atoms. The predicted octanol–water partition coefficient (Wildman–Crippen LogP) is 3.01. The van der Waals surface area contributed by atoms with Gasteiger partial charge in [0.2, 0.25) is 10.0 Å². The molecule has 0 spiro atoms. The number of benzene rings is 1. The van der Waals surface area contributed by atoms with Gasteiger partial charge >= 0.3 is 0 Å². The Balaban J connectivity index is 3.43. The van der Waals surface area contributed by atoms with E-state index in [1.807, 2.05) is 46.8 Å². The first-order valence-corrected chi connectivity index (χ1v) is 7.78. The quantitative estimate of drug-likeness (QED) is 0.842. The molecule has 0 saturated heterocycles. The molecule has 0 aliphatic heterocycles. The first-order chi connectivity index (χ1) is 8.25. The van der Waals surface area contributed by atoms with Crippen LogP contribution in [-0.2, 0) is 15.4 Å². The van der Waals surface area contributed by atoms with Crippen LogP contribution in [0.25, 0.3) is 0 Å². The topological polar surface area (TPSA) is 37.4 Å². The molecular formula is C14H23NO2S. The van der Waals surface area contributed by atoms with Crippen LogP contribution in [0.5, 0.6) is 0 Å². The van der Waals surface area contributed by atoms with Crippen molar-refractivity contribution in [2.45, 2.75) is 44.9 Å². The fourth-order valence-corrected chi connectivity index (χ4v) is 3.87. The Kier molecular flexibility index (Phi) is 4.56. The number of sulfonamides is 1. The summed E-state index contributed by atoms with van der Waals surface area (Å²) in [5, 5.41) is 0. The molecule has 0 aromatic heterocycles. The predicted molar refractivity (Wildman–Crippen MR) is 75.2 cm³/mol. The van der Waals surface area contributed by atoms with E-state index in [1.54, 1.807) is 12.1 Å². The van der Waals surface area contributed by atoms with Gasteiger partial charge < -0.3 is 0 Å². The SMILES string of the molecule is CCN(CC)S(=O)(=O)c1ccccc1C(C)(C)C. The lowest BCUT2D eigenvalue weighted by molar-refractivity contribution is 0.442. The van der Waals surface area contributed by atoms with Gasteiger partial charge in [0.05, 0.1) is 4.90 Å². The lowest BCUT2D eigenvalue weighted by atomic mass is 9.87. The van der Waals surface area contributed by atoms with E-state index in [0.29, 0.717) is 18.0 Å². The number of nitrogens with zero attached hydrogens (tertiary/aromatic N) is 1. The lowest BCUT2D eigenvalue weighted by Crippen LogP contribution is -2.32. The maximum absolute atomic E-state index is 12.6. The van der Waals surface area contributed by atoms with Crippen molar-refractivity contribution in [1.82, 2.24) is 4.31 Å². The molecule has 0 atom stereocenters. The molecule has 0 amide bonds. The number of hydrogen-bond donors (Lipinski definition) is 0. The smallest absolute Gasteiger partial charge is 0.207 e. The molecule has 1 aromatic carbocycles. The summed E-state index contributed by atoms with van der Waals surface area (Å²) in [6.45, 7) is 10.8. The van der Waals surface area contributed by atoms with Gasteiger partial charge in [-0.3, -0.25) is 0 Å². The number of rotatable bonds is 4. The summed E-state index contributed by atoms with van der Waals surface area (Å²) in [7, 11) is -3.38. The zero-order valence-electron chi connectivity index (χ0n) is 11.9. The highest BCUT2D eigenvalue weighted by atomic mass is 32.2. The minimum Gasteiger partial charge on any atom is -0.207 e. The van der Waals surface area contributed by atoms with Gasteiger partial charge in [0, 0.05) is 13.1 Å². The molecular weight excluding hydrogens is 246 g/mol. The van der Waals surface area contributed by atoms with Gasteiger partial charge in [0.15, 0.2) is 0 Å². The van der Waals surface area contributed by atoms with Crippen molar-refractivity contribution < 1.29 is 8.42 Å². The standard InChI is InChI=1S/C14H23NO2S/c1-6-15(7-2)18(16,17)13-11-9-8-10-12(13)14(3,4)5/h8-11H,6-7H2,1-5H3. The van der Waals surface area contributed by atoms with E-state index in [1.165, 1.54) is 4.31 Å². The second kappa shape index (κ2) is 5.41. The molecule has 0 aliphatic rings. The van der Waals surface area contributed by atoms with Crippen LogP contribution in [0.2, 0.25) is 0 Å². The third-order valence-electron chi connectivity index (χ3n) is 3.02. The average molecular weight is 269 g/mol. The summed E-state index contributed by atoms with van der Waals surface area (Å²) in [6.07, 6.45) is 0. The summed E-state index contributed by atoms with van der Waals surface area (Å²) in [6, 6.07) is 7.28. The lowest BCUT2D eigenvalue weighted by Gasteiger charge is -2.26. The second-order valence-electron chi connectivity index (χ2n) is 5.34. The fourth-order valence-electron chi connectivity index (χ4n) is 2.01. The summed E-state index contributed by atoms with van der Waals surface area (Å²) in [5.41, 5.74) is 0.688. The van der Waals surface area contributed by atoms with Crippen molar-refractivity contribution in [2.24, 2.45) is 0 Å². The van der Waals surface area contributed by atoms with Crippen molar-refractivity contribution in [3.05, 3.63) is 29.8 Å². The van der Waals surface area contributed by atoms with Crippen LogP contribution >= 0.6 is 0 Å². The second-order valence-corrected chi connectivity index (χ2v) is 7.24. The zero-order valence-corrected chi connectivity index (χ0v) is 12.7. The van der Waals surface area contributed by atoms with E-state index in [-0.39, 0.29) is 5.41 Å². The van der Waals surface area contributed by atoms with Gasteiger partial charge in [-0.2, -0.15) is 4.31 Å². The Morgan fingerprint density at radius 3 is 2.00 bits per heavy atom. The molecule has 0 unspecified atom stereocenters. The van der Waals surface area contributed by atoms with E-state index in [0.717, 1.165) is 5.56 Å². The molecule has 0 radical (unpaired) electrons. The van der Waals surface area contributed by atoms with Crippen molar-refractivity contribution in [1.29, 1.82) is 0 Å². The average Bonchev–Trinajstić information content (AvgIpc) is 2.29. The molecule has 3 nitrogen and oxygen atoms in total. The molecule has 0 N–H and O–H groups in total. The van der Waals surface area contributed by atoms with Gasteiger partial charge in [0.1, 0.15) is 0 Å². The Morgan fingerprint density at radius 1 is 1.06 bits per heavy atom. The van der Waals surface area contributed by atoms with Gasteiger partial charge in [-0.05, 0) is 17.0 Å². The third kappa shape index (κ3) is 2.93. The summed E-state index contributed by atoms with van der Waals surface area (Å²) < 4.78 is 26.7. The normalized spacial score (nSPS) is 13.0. The van der Waals surface area contributed by atoms with Crippen molar-refractivity contribution >= 4 is 10.0 Å². The Morgan fingerprint density at radius 2 is 1.56 bits per heavy atom. The van der Waals surface area contributed by atoms with Crippen molar-refractivity contribution in [2.75, 3.05) is 13.1 Å². The highest BCUT2D eigenvalue weighted by Crippen LogP contribution is 2.30. The molecule has 4 heteroatoms. The van der Waals surface area contributed by atoms with Gasteiger partial charge in [-0.15, -0.1) is 0 Å². The van der Waals surface area contributed by atoms with Gasteiger partial charge in [-0.1, -0.05) is 52.8 Å². The fraction of sp³-hybridized carbons (Fsp3) is 0.571. The first kappa shape index (κ1) is 15.2. The minimum absolute atomic E-state index is 0.184. The van der Waals surface area contributed by atoms with Crippen molar-refractivity contribution in [3.8, 4) is 0 Å². The van der Waals surface area contributed by atoms with Crippen LogP contribution in [0.15, 0.2) is 29.2 Å². The Labute approximate surface area is 111 Å². The highest BCUT2D eigenvalue weighted by molar-refractivity contribution is 7.89. The van der Waals surface area contributed by atoms with Crippen LogP contribution < -0.4 is 0 Å². The van der Waals surface area contributed by atoms with Gasteiger partial charge in [0.25, 0.3) is 0 Å². The Hall–Kier alpha value is -0.870. The highest BCUT2D eigenvalue weighted by Gasteiger charge is 2.28. The van der Waals surface area contributed by atoms with E-state index in [9.17, 15) is 8.42 Å². The van der Waals surface area contributed by atoms with E-state index >= 15 is 0 Å². The molecule has 0 aliphatic carbocycles. The molecule has 1 rings (SSSR count). The van der Waals surface area contributed by atoms with E-state index in [4.69, 9.17) is 0 Å². The third-order valence-corrected chi connectivity index (χ3v) is 5.13. The summed E-state index contributed by atoms with van der Waals surface area (Å²) in [4.78, 5) is 0.432. The Bertz CT molecular complexity index is 497. The summed E-state index contributed by atoms with van der Waals surface area (Å²) in [5.74, 6) is 0. The van der Waals surface area contributed by atoms with Crippen LogP contribution in [0.3, 0.4) is 0 Å².